The van der Waals surface area contributed by atoms with E-state index in [4.69, 9.17) is 4.74 Å². The van der Waals surface area contributed by atoms with E-state index in [1.54, 1.807) is 11.0 Å². The van der Waals surface area contributed by atoms with Crippen LogP contribution < -0.4 is 4.74 Å². The zero-order chi connectivity index (χ0) is 24.0. The van der Waals surface area contributed by atoms with Crippen LogP contribution in [-0.2, 0) is 21.2 Å². The van der Waals surface area contributed by atoms with Gasteiger partial charge in [0.05, 0.1) is 18.7 Å². The maximum atomic E-state index is 12.8. The summed E-state index contributed by atoms with van der Waals surface area (Å²) in [6.45, 7) is 3.86. The first-order valence-corrected chi connectivity index (χ1v) is 13.5. The summed E-state index contributed by atoms with van der Waals surface area (Å²) in [5.74, 6) is 0.773. The van der Waals surface area contributed by atoms with Crippen molar-refractivity contribution in [2.45, 2.75) is 13.3 Å². The average Bonchev–Trinajstić information content (AvgIpc) is 3.33. The molecule has 34 heavy (non-hydrogen) atoms. The molecule has 1 saturated heterocycles. The number of ether oxygens (including phenoxy) is 1. The summed E-state index contributed by atoms with van der Waals surface area (Å²) >= 11 is 1.50. The van der Waals surface area contributed by atoms with E-state index in [0.29, 0.717) is 19.7 Å². The summed E-state index contributed by atoms with van der Waals surface area (Å²) in [6, 6.07) is 17.0. The fourth-order valence-corrected chi connectivity index (χ4v) is 5.65. The Hall–Kier alpha value is -3.01. The number of sulfonamides is 1. The highest BCUT2D eigenvalue weighted by Crippen LogP contribution is 2.26. The molecule has 2 aromatic carbocycles. The van der Waals surface area contributed by atoms with Gasteiger partial charge in [0.25, 0.3) is 0 Å². The Morgan fingerprint density at radius 2 is 1.76 bits per heavy atom. The van der Waals surface area contributed by atoms with Gasteiger partial charge in [0, 0.05) is 42.5 Å². The van der Waals surface area contributed by atoms with E-state index in [1.807, 2.05) is 66.9 Å². The molecule has 3 aromatic rings. The lowest BCUT2D eigenvalue weighted by Crippen LogP contribution is -2.50. The molecule has 1 aliphatic heterocycles. The van der Waals surface area contributed by atoms with Gasteiger partial charge in [-0.15, -0.1) is 11.3 Å². The number of amides is 1. The summed E-state index contributed by atoms with van der Waals surface area (Å²) < 4.78 is 32.2. The van der Waals surface area contributed by atoms with Crippen LogP contribution in [0.2, 0.25) is 0 Å². The number of benzene rings is 2. The molecule has 0 aliphatic carbocycles. The highest BCUT2D eigenvalue weighted by Gasteiger charge is 2.27. The number of carbonyl (C=O) groups is 1. The van der Waals surface area contributed by atoms with E-state index in [9.17, 15) is 13.2 Å². The number of thiazole rings is 1. The molecule has 2 heterocycles. The number of carbonyl (C=O) groups excluding carboxylic acids is 1. The van der Waals surface area contributed by atoms with Crippen LogP contribution in [0.3, 0.4) is 0 Å². The van der Waals surface area contributed by atoms with Gasteiger partial charge in [-0.1, -0.05) is 30.3 Å². The smallest absolute Gasteiger partial charge is 0.236 e. The lowest BCUT2D eigenvalue weighted by Gasteiger charge is -2.33. The van der Waals surface area contributed by atoms with Crippen molar-refractivity contribution in [2.24, 2.45) is 0 Å². The molecule has 9 heteroatoms. The van der Waals surface area contributed by atoms with Gasteiger partial charge < -0.3 is 9.64 Å². The molecule has 178 valence electrons. The van der Waals surface area contributed by atoms with Crippen molar-refractivity contribution >= 4 is 33.3 Å². The van der Waals surface area contributed by atoms with Crippen molar-refractivity contribution in [1.82, 2.24) is 14.2 Å². The number of hydrogen-bond donors (Lipinski definition) is 0. The molecular weight excluding hydrogens is 470 g/mol. The molecule has 0 unspecified atom stereocenters. The number of aromatic nitrogens is 1. The van der Waals surface area contributed by atoms with E-state index >= 15 is 0 Å². The van der Waals surface area contributed by atoms with Crippen LogP contribution in [0.15, 0.2) is 65.4 Å². The van der Waals surface area contributed by atoms with Gasteiger partial charge in [-0.25, -0.2) is 13.4 Å². The lowest BCUT2D eigenvalue weighted by molar-refractivity contribution is -0.131. The molecule has 0 radical (unpaired) electrons. The molecule has 0 bridgehead atoms. The van der Waals surface area contributed by atoms with E-state index in [1.165, 1.54) is 21.1 Å². The fraction of sp³-hybridized carbons (Fsp3) is 0.280. The minimum atomic E-state index is -3.53. The predicted octanol–water partition coefficient (Wildman–Crippen LogP) is 3.90. The molecule has 0 saturated carbocycles. The van der Waals surface area contributed by atoms with E-state index in [-0.39, 0.29) is 25.4 Å². The summed E-state index contributed by atoms with van der Waals surface area (Å²) in [5.41, 5.74) is 2.53. The van der Waals surface area contributed by atoms with Gasteiger partial charge in [-0.3, -0.25) is 4.79 Å². The summed E-state index contributed by atoms with van der Waals surface area (Å²) in [5, 5.41) is 3.99. The maximum Gasteiger partial charge on any atom is 0.236 e. The van der Waals surface area contributed by atoms with Crippen molar-refractivity contribution in [2.75, 3.05) is 32.8 Å². The number of hydrogen-bond acceptors (Lipinski definition) is 6. The molecular formula is C25H27N3O4S2. The van der Waals surface area contributed by atoms with Crippen molar-refractivity contribution in [1.29, 1.82) is 0 Å². The minimum absolute atomic E-state index is 0.0413. The Balaban J connectivity index is 1.30. The van der Waals surface area contributed by atoms with Gasteiger partial charge in [0.15, 0.2) is 0 Å². The quantitative estimate of drug-likeness (QED) is 0.472. The van der Waals surface area contributed by atoms with Gasteiger partial charge in [0.2, 0.25) is 15.9 Å². The van der Waals surface area contributed by atoms with E-state index in [2.05, 4.69) is 4.98 Å². The summed E-state index contributed by atoms with van der Waals surface area (Å²) in [7, 11) is -3.53. The summed E-state index contributed by atoms with van der Waals surface area (Å²) in [6.07, 6.45) is 1.80. The zero-order valence-electron chi connectivity index (χ0n) is 19.0. The van der Waals surface area contributed by atoms with Gasteiger partial charge in [-0.2, -0.15) is 4.31 Å². The van der Waals surface area contributed by atoms with Crippen LogP contribution >= 0.6 is 11.3 Å². The van der Waals surface area contributed by atoms with Gasteiger partial charge in [-0.05, 0) is 42.8 Å². The van der Waals surface area contributed by atoms with E-state index < -0.39 is 10.0 Å². The van der Waals surface area contributed by atoms with Crippen molar-refractivity contribution in [3.05, 3.63) is 76.6 Å². The highest BCUT2D eigenvalue weighted by molar-refractivity contribution is 7.92. The van der Waals surface area contributed by atoms with Crippen molar-refractivity contribution in [3.8, 4) is 16.3 Å². The molecule has 0 N–H and O–H groups in total. The second-order valence-corrected chi connectivity index (χ2v) is 10.5. The molecule has 1 aromatic heterocycles. The van der Waals surface area contributed by atoms with Crippen LogP contribution in [0, 0.1) is 0 Å². The first-order chi connectivity index (χ1) is 16.4. The normalized spacial score (nSPS) is 15.0. The van der Waals surface area contributed by atoms with E-state index in [0.717, 1.165) is 27.6 Å². The highest BCUT2D eigenvalue weighted by atomic mass is 32.2. The Morgan fingerprint density at radius 1 is 1.06 bits per heavy atom. The van der Waals surface area contributed by atoms with Crippen LogP contribution in [0.25, 0.3) is 16.6 Å². The lowest BCUT2D eigenvalue weighted by atomic mass is 10.2. The second kappa shape index (κ2) is 10.9. The maximum absolute atomic E-state index is 12.8. The minimum Gasteiger partial charge on any atom is -0.494 e. The van der Waals surface area contributed by atoms with Crippen LogP contribution in [0.5, 0.6) is 5.75 Å². The Kier molecular flexibility index (Phi) is 7.77. The Labute approximate surface area is 204 Å². The van der Waals surface area contributed by atoms with Gasteiger partial charge in [0.1, 0.15) is 10.8 Å². The van der Waals surface area contributed by atoms with Crippen molar-refractivity contribution < 1.29 is 17.9 Å². The molecule has 0 spiro atoms. The topological polar surface area (TPSA) is 79.8 Å². The van der Waals surface area contributed by atoms with Crippen LogP contribution in [-0.4, -0.2) is 61.3 Å². The van der Waals surface area contributed by atoms with Crippen LogP contribution in [0.4, 0.5) is 0 Å². The summed E-state index contributed by atoms with van der Waals surface area (Å²) in [4.78, 5) is 19.1. The monoisotopic (exact) mass is 497 g/mol. The van der Waals surface area contributed by atoms with Gasteiger partial charge >= 0.3 is 0 Å². The second-order valence-electron chi connectivity index (χ2n) is 7.82. The molecule has 1 fully saturated rings. The SMILES string of the molecule is CCOc1ccc(-c2nc(CC(=O)N3CCN(S(=O)(=O)C=Cc4ccccc4)CC3)cs2)cc1. The Morgan fingerprint density at radius 3 is 2.44 bits per heavy atom. The molecule has 7 nitrogen and oxygen atoms in total. The van der Waals surface area contributed by atoms with Crippen LogP contribution in [0.1, 0.15) is 18.2 Å². The predicted molar refractivity (Wildman–Crippen MR) is 135 cm³/mol. The molecule has 4 rings (SSSR count). The first kappa shape index (κ1) is 24.1. The van der Waals surface area contributed by atoms with Crippen molar-refractivity contribution in [3.63, 3.8) is 0 Å². The third kappa shape index (κ3) is 6.11. The fourth-order valence-electron chi connectivity index (χ4n) is 3.65. The third-order valence-electron chi connectivity index (χ3n) is 5.48. The standard InChI is InChI=1S/C25H27N3O4S2/c1-2-32-23-10-8-21(9-11-23)25-26-22(19-33-25)18-24(29)27-13-15-28(16-14-27)34(30,31)17-12-20-6-4-3-5-7-20/h3-12,17,19H,2,13-16,18H2,1H3. The first-order valence-electron chi connectivity index (χ1n) is 11.1. The number of nitrogens with zero attached hydrogens (tertiary/aromatic N) is 3. The molecule has 1 aliphatic rings. The number of rotatable bonds is 8. The zero-order valence-corrected chi connectivity index (χ0v) is 20.6. The molecule has 0 atom stereocenters. The largest absolute Gasteiger partial charge is 0.494 e. The average molecular weight is 498 g/mol. The molecule has 1 amide bonds. The third-order valence-corrected chi connectivity index (χ3v) is 7.98. The number of piperazine rings is 1. The Bertz CT molecular complexity index is 1230.